The third-order valence-electron chi connectivity index (χ3n) is 4.08. The van der Waals surface area contributed by atoms with Crippen molar-refractivity contribution in [3.63, 3.8) is 0 Å². The average Bonchev–Trinajstić information content (AvgIpc) is 3.37. The molecule has 0 aromatic carbocycles. The number of carbonyl (C=O) groups excluding carboxylic acids is 2. The van der Waals surface area contributed by atoms with Gasteiger partial charge in [-0.2, -0.15) is 0 Å². The number of aromatic nitrogens is 3. The summed E-state index contributed by atoms with van der Waals surface area (Å²) in [6, 6.07) is 10.8. The molecule has 4 rings (SSSR count). The van der Waals surface area contributed by atoms with E-state index in [0.29, 0.717) is 27.8 Å². The molecule has 0 atom stereocenters. The molecule has 0 saturated heterocycles. The molecule has 156 valence electrons. The van der Waals surface area contributed by atoms with Crippen molar-refractivity contribution >= 4 is 45.7 Å². The molecule has 0 aliphatic carbocycles. The first kappa shape index (κ1) is 20.8. The van der Waals surface area contributed by atoms with Crippen molar-refractivity contribution in [2.24, 2.45) is 0 Å². The minimum Gasteiger partial charge on any atom is -0.469 e. The zero-order valence-electron chi connectivity index (χ0n) is 16.4. The molecule has 4 aromatic rings. The van der Waals surface area contributed by atoms with E-state index in [1.54, 1.807) is 42.9 Å². The lowest BCUT2D eigenvalue weighted by Crippen LogP contribution is -2.15. The number of rotatable bonds is 7. The van der Waals surface area contributed by atoms with Gasteiger partial charge in [-0.15, -0.1) is 11.3 Å². The number of nitrogens with one attached hydrogen (secondary N) is 2. The SMILES string of the molecule is Cc1occc1C(=O)Nc1nc(CC(=O)Nc2ccnc(Sc3ccccn3)c2)cs1. The van der Waals surface area contributed by atoms with Gasteiger partial charge in [0, 0.05) is 23.5 Å². The third kappa shape index (κ3) is 5.56. The lowest BCUT2D eigenvalue weighted by atomic mass is 10.2. The van der Waals surface area contributed by atoms with Crippen molar-refractivity contribution < 1.29 is 14.0 Å². The van der Waals surface area contributed by atoms with Gasteiger partial charge < -0.3 is 9.73 Å². The Morgan fingerprint density at radius 1 is 1.10 bits per heavy atom. The molecule has 0 bridgehead atoms. The van der Waals surface area contributed by atoms with Crippen molar-refractivity contribution in [2.75, 3.05) is 10.6 Å². The monoisotopic (exact) mass is 451 g/mol. The molecular formula is C21H17N5O3S2. The third-order valence-corrected chi connectivity index (χ3v) is 5.77. The molecule has 31 heavy (non-hydrogen) atoms. The van der Waals surface area contributed by atoms with Crippen LogP contribution < -0.4 is 10.6 Å². The maximum Gasteiger partial charge on any atom is 0.260 e. The van der Waals surface area contributed by atoms with Crippen molar-refractivity contribution in [1.82, 2.24) is 15.0 Å². The van der Waals surface area contributed by atoms with E-state index < -0.39 is 0 Å². The predicted octanol–water partition coefficient (Wildman–Crippen LogP) is 4.42. The second-order valence-corrected chi connectivity index (χ2v) is 8.27. The van der Waals surface area contributed by atoms with Gasteiger partial charge in [0.15, 0.2) is 5.13 Å². The molecule has 0 radical (unpaired) electrons. The number of anilines is 2. The van der Waals surface area contributed by atoms with Gasteiger partial charge in [-0.05, 0) is 37.3 Å². The Kier molecular flexibility index (Phi) is 6.39. The summed E-state index contributed by atoms with van der Waals surface area (Å²) >= 11 is 2.67. The summed E-state index contributed by atoms with van der Waals surface area (Å²) in [5.74, 6) is 0.0201. The van der Waals surface area contributed by atoms with Crippen LogP contribution in [-0.2, 0) is 11.2 Å². The van der Waals surface area contributed by atoms with Crippen LogP contribution >= 0.6 is 23.1 Å². The predicted molar refractivity (Wildman–Crippen MR) is 118 cm³/mol. The Morgan fingerprint density at radius 2 is 1.97 bits per heavy atom. The van der Waals surface area contributed by atoms with Crippen LogP contribution in [0, 0.1) is 6.92 Å². The zero-order chi connectivity index (χ0) is 21.6. The van der Waals surface area contributed by atoms with E-state index >= 15 is 0 Å². The van der Waals surface area contributed by atoms with Crippen molar-refractivity contribution in [3.8, 4) is 0 Å². The molecule has 0 aliphatic rings. The maximum atomic E-state index is 12.4. The van der Waals surface area contributed by atoms with Gasteiger partial charge in [0.25, 0.3) is 5.91 Å². The molecule has 0 spiro atoms. The van der Waals surface area contributed by atoms with Crippen LogP contribution in [-0.4, -0.2) is 26.8 Å². The fourth-order valence-electron chi connectivity index (χ4n) is 2.66. The highest BCUT2D eigenvalue weighted by molar-refractivity contribution is 7.99. The lowest BCUT2D eigenvalue weighted by Gasteiger charge is -2.06. The van der Waals surface area contributed by atoms with Crippen LogP contribution in [0.15, 0.2) is 74.9 Å². The van der Waals surface area contributed by atoms with Gasteiger partial charge in [0.05, 0.1) is 23.9 Å². The molecule has 0 unspecified atom stereocenters. The van der Waals surface area contributed by atoms with Crippen LogP contribution in [0.4, 0.5) is 10.8 Å². The molecule has 10 heteroatoms. The first-order valence-electron chi connectivity index (χ1n) is 9.21. The number of amides is 2. The number of aryl methyl sites for hydroxylation is 1. The van der Waals surface area contributed by atoms with Gasteiger partial charge >= 0.3 is 0 Å². The summed E-state index contributed by atoms with van der Waals surface area (Å²) < 4.78 is 5.14. The Balaban J connectivity index is 1.34. The standard InChI is InChI=1S/C21H17N5O3S2/c1-13-16(6-9-29-13)20(28)26-21-25-15(12-30-21)10-17(27)24-14-5-8-23-19(11-14)31-18-4-2-3-7-22-18/h2-9,11-12H,10H2,1H3,(H,23,24,27)(H,25,26,28). The van der Waals surface area contributed by atoms with E-state index in [9.17, 15) is 9.59 Å². The molecule has 2 amide bonds. The molecule has 2 N–H and O–H groups in total. The normalized spacial score (nSPS) is 10.6. The van der Waals surface area contributed by atoms with Gasteiger partial charge in [-0.1, -0.05) is 17.8 Å². The molecule has 4 aromatic heterocycles. The highest BCUT2D eigenvalue weighted by Gasteiger charge is 2.14. The summed E-state index contributed by atoms with van der Waals surface area (Å²) in [6.07, 6.45) is 4.90. The molecule has 8 nitrogen and oxygen atoms in total. The Morgan fingerprint density at radius 3 is 2.74 bits per heavy atom. The van der Waals surface area contributed by atoms with Crippen LogP contribution in [0.5, 0.6) is 0 Å². The van der Waals surface area contributed by atoms with Crippen molar-refractivity contribution in [3.05, 3.63) is 77.5 Å². The minimum absolute atomic E-state index is 0.0855. The quantitative estimate of drug-likeness (QED) is 0.428. The molecule has 0 aliphatic heterocycles. The van der Waals surface area contributed by atoms with E-state index in [0.717, 1.165) is 10.1 Å². The van der Waals surface area contributed by atoms with Gasteiger partial charge in [0.1, 0.15) is 15.8 Å². The number of pyridine rings is 2. The van der Waals surface area contributed by atoms with Crippen LogP contribution in [0.1, 0.15) is 21.8 Å². The van der Waals surface area contributed by atoms with E-state index in [1.165, 1.54) is 29.4 Å². The number of hydrogen-bond acceptors (Lipinski definition) is 8. The summed E-state index contributed by atoms with van der Waals surface area (Å²) in [7, 11) is 0. The Labute approximate surface area is 186 Å². The lowest BCUT2D eigenvalue weighted by molar-refractivity contribution is -0.115. The second-order valence-electron chi connectivity index (χ2n) is 6.37. The van der Waals surface area contributed by atoms with E-state index in [1.807, 2.05) is 18.2 Å². The first-order chi connectivity index (χ1) is 15.1. The molecule has 0 fully saturated rings. The largest absolute Gasteiger partial charge is 0.469 e. The molecular weight excluding hydrogens is 434 g/mol. The topological polar surface area (TPSA) is 110 Å². The molecule has 0 saturated carbocycles. The van der Waals surface area contributed by atoms with E-state index in [4.69, 9.17) is 4.42 Å². The Bertz CT molecular complexity index is 1210. The van der Waals surface area contributed by atoms with Crippen LogP contribution in [0.25, 0.3) is 0 Å². The van der Waals surface area contributed by atoms with Crippen molar-refractivity contribution in [1.29, 1.82) is 0 Å². The number of hydrogen-bond donors (Lipinski definition) is 2. The van der Waals surface area contributed by atoms with Gasteiger partial charge in [-0.25, -0.2) is 15.0 Å². The number of furan rings is 1. The second kappa shape index (κ2) is 9.54. The maximum absolute atomic E-state index is 12.4. The number of thiazole rings is 1. The highest BCUT2D eigenvalue weighted by Crippen LogP contribution is 2.25. The minimum atomic E-state index is -0.300. The smallest absolute Gasteiger partial charge is 0.260 e. The average molecular weight is 452 g/mol. The number of nitrogens with zero attached hydrogens (tertiary/aromatic N) is 3. The van der Waals surface area contributed by atoms with Crippen molar-refractivity contribution in [2.45, 2.75) is 23.4 Å². The summed E-state index contributed by atoms with van der Waals surface area (Å²) in [5.41, 5.74) is 1.66. The number of carbonyl (C=O) groups is 2. The Hall–Kier alpha value is -3.50. The summed E-state index contributed by atoms with van der Waals surface area (Å²) in [4.78, 5) is 37.5. The fourth-order valence-corrected chi connectivity index (χ4v) is 4.14. The van der Waals surface area contributed by atoms with Gasteiger partial charge in [0.2, 0.25) is 5.91 Å². The van der Waals surface area contributed by atoms with Crippen LogP contribution in [0.2, 0.25) is 0 Å². The summed E-state index contributed by atoms with van der Waals surface area (Å²) in [5, 5.41) is 9.28. The van der Waals surface area contributed by atoms with Gasteiger partial charge in [-0.3, -0.25) is 14.9 Å². The molecule has 4 heterocycles. The highest BCUT2D eigenvalue weighted by atomic mass is 32.2. The van der Waals surface area contributed by atoms with E-state index in [2.05, 4.69) is 25.6 Å². The van der Waals surface area contributed by atoms with Crippen LogP contribution in [0.3, 0.4) is 0 Å². The first-order valence-corrected chi connectivity index (χ1v) is 10.9. The fraction of sp³-hybridized carbons (Fsp3) is 0.0952. The summed E-state index contributed by atoms with van der Waals surface area (Å²) in [6.45, 7) is 1.71. The zero-order valence-corrected chi connectivity index (χ0v) is 18.0. The van der Waals surface area contributed by atoms with E-state index in [-0.39, 0.29) is 18.2 Å².